The van der Waals surface area contributed by atoms with Crippen molar-refractivity contribution in [2.45, 2.75) is 25.8 Å². The van der Waals surface area contributed by atoms with Crippen molar-refractivity contribution in [3.05, 3.63) is 35.9 Å². The number of amides is 2. The summed E-state index contributed by atoms with van der Waals surface area (Å²) in [6, 6.07) is 9.98. The minimum Gasteiger partial charge on any atom is -0.450 e. The van der Waals surface area contributed by atoms with E-state index in [9.17, 15) is 9.59 Å². The Morgan fingerprint density at radius 2 is 1.60 bits per heavy atom. The molecule has 6 heteroatoms. The first-order chi connectivity index (χ1) is 12.2. The van der Waals surface area contributed by atoms with E-state index in [1.54, 1.807) is 4.90 Å². The lowest BCUT2D eigenvalue weighted by Gasteiger charge is -2.42. The van der Waals surface area contributed by atoms with Gasteiger partial charge in [-0.1, -0.05) is 18.2 Å². The molecule has 2 aliphatic heterocycles. The molecule has 0 unspecified atom stereocenters. The van der Waals surface area contributed by atoms with Crippen molar-refractivity contribution < 1.29 is 14.3 Å². The Labute approximate surface area is 149 Å². The van der Waals surface area contributed by atoms with Gasteiger partial charge in [-0.25, -0.2) is 4.79 Å². The third-order valence-corrected chi connectivity index (χ3v) is 5.13. The van der Waals surface area contributed by atoms with Crippen LogP contribution in [0.25, 0.3) is 0 Å². The van der Waals surface area contributed by atoms with E-state index in [1.165, 1.54) is 0 Å². The van der Waals surface area contributed by atoms with E-state index in [0.717, 1.165) is 57.7 Å². The van der Waals surface area contributed by atoms with Crippen LogP contribution in [-0.4, -0.2) is 78.6 Å². The van der Waals surface area contributed by atoms with Crippen LogP contribution in [0.4, 0.5) is 4.79 Å². The Hall–Kier alpha value is -2.08. The van der Waals surface area contributed by atoms with Gasteiger partial charge in [0.1, 0.15) is 0 Å². The molecule has 2 aliphatic rings. The van der Waals surface area contributed by atoms with Crippen LogP contribution >= 0.6 is 0 Å². The van der Waals surface area contributed by atoms with E-state index in [0.29, 0.717) is 12.6 Å². The summed E-state index contributed by atoms with van der Waals surface area (Å²) in [6.07, 6.45) is 1.76. The highest BCUT2D eigenvalue weighted by Gasteiger charge is 2.30. The molecule has 2 fully saturated rings. The number of carbonyl (C=O) groups is 2. The zero-order valence-corrected chi connectivity index (χ0v) is 14.9. The molecule has 0 saturated carbocycles. The Balaban J connectivity index is 1.45. The molecule has 0 aromatic heterocycles. The first-order valence-corrected chi connectivity index (χ1v) is 9.19. The topological polar surface area (TPSA) is 53.1 Å². The SMILES string of the molecule is CCOC(=O)N1CCC(N2CCN(C(=O)c3ccccc3)CC2)CC1. The van der Waals surface area contributed by atoms with Crippen LogP contribution in [0.1, 0.15) is 30.1 Å². The predicted molar refractivity (Wildman–Crippen MR) is 95.5 cm³/mol. The summed E-state index contributed by atoms with van der Waals surface area (Å²) < 4.78 is 5.07. The number of benzene rings is 1. The Kier molecular flexibility index (Phi) is 5.91. The molecule has 2 saturated heterocycles. The van der Waals surface area contributed by atoms with Crippen LogP contribution < -0.4 is 0 Å². The van der Waals surface area contributed by atoms with Gasteiger partial charge in [-0.3, -0.25) is 9.69 Å². The van der Waals surface area contributed by atoms with Crippen LogP contribution in [0.2, 0.25) is 0 Å². The summed E-state index contributed by atoms with van der Waals surface area (Å²) in [6.45, 7) is 7.12. The van der Waals surface area contributed by atoms with Crippen molar-refractivity contribution in [1.82, 2.24) is 14.7 Å². The maximum absolute atomic E-state index is 12.5. The maximum atomic E-state index is 12.5. The Morgan fingerprint density at radius 1 is 0.960 bits per heavy atom. The molecule has 0 N–H and O–H groups in total. The number of carbonyl (C=O) groups excluding carboxylic acids is 2. The fourth-order valence-corrected chi connectivity index (χ4v) is 3.68. The summed E-state index contributed by atoms with van der Waals surface area (Å²) in [5.74, 6) is 0.123. The lowest BCUT2D eigenvalue weighted by Crippen LogP contribution is -2.54. The first-order valence-electron chi connectivity index (χ1n) is 9.19. The zero-order chi connectivity index (χ0) is 17.6. The number of nitrogens with zero attached hydrogens (tertiary/aromatic N) is 3. The summed E-state index contributed by atoms with van der Waals surface area (Å²) in [7, 11) is 0. The molecule has 0 spiro atoms. The van der Waals surface area contributed by atoms with E-state index >= 15 is 0 Å². The number of rotatable bonds is 3. The largest absolute Gasteiger partial charge is 0.450 e. The second-order valence-electron chi connectivity index (χ2n) is 6.61. The van der Waals surface area contributed by atoms with Crippen molar-refractivity contribution in [2.75, 3.05) is 45.9 Å². The van der Waals surface area contributed by atoms with Crippen molar-refractivity contribution in [1.29, 1.82) is 0 Å². The summed E-state index contributed by atoms with van der Waals surface area (Å²) in [5, 5.41) is 0. The monoisotopic (exact) mass is 345 g/mol. The second-order valence-corrected chi connectivity index (χ2v) is 6.61. The summed E-state index contributed by atoms with van der Waals surface area (Å²) in [5.41, 5.74) is 0.763. The fraction of sp³-hybridized carbons (Fsp3) is 0.579. The van der Waals surface area contributed by atoms with Gasteiger partial charge in [0.05, 0.1) is 6.61 Å². The average molecular weight is 345 g/mol. The third kappa shape index (κ3) is 4.31. The van der Waals surface area contributed by atoms with E-state index in [2.05, 4.69) is 4.90 Å². The van der Waals surface area contributed by atoms with E-state index in [4.69, 9.17) is 4.74 Å². The number of piperidine rings is 1. The van der Waals surface area contributed by atoms with Crippen LogP contribution in [0.5, 0.6) is 0 Å². The van der Waals surface area contributed by atoms with Crippen LogP contribution in [0.15, 0.2) is 30.3 Å². The number of hydrogen-bond donors (Lipinski definition) is 0. The molecule has 1 aromatic carbocycles. The van der Waals surface area contributed by atoms with Gasteiger partial charge in [0.2, 0.25) is 0 Å². The lowest BCUT2D eigenvalue weighted by molar-refractivity contribution is 0.0417. The van der Waals surface area contributed by atoms with Crippen LogP contribution in [0, 0.1) is 0 Å². The molecule has 6 nitrogen and oxygen atoms in total. The van der Waals surface area contributed by atoms with Gasteiger partial charge >= 0.3 is 6.09 Å². The van der Waals surface area contributed by atoms with E-state index < -0.39 is 0 Å². The molecule has 2 heterocycles. The number of piperazine rings is 1. The van der Waals surface area contributed by atoms with Gasteiger partial charge in [0, 0.05) is 50.9 Å². The minimum atomic E-state index is -0.195. The molecule has 3 rings (SSSR count). The summed E-state index contributed by atoms with van der Waals surface area (Å²) in [4.78, 5) is 30.5. The predicted octanol–water partition coefficient (Wildman–Crippen LogP) is 2.07. The highest BCUT2D eigenvalue weighted by molar-refractivity contribution is 5.94. The van der Waals surface area contributed by atoms with Gasteiger partial charge < -0.3 is 14.5 Å². The Morgan fingerprint density at radius 3 is 2.20 bits per heavy atom. The molecule has 0 bridgehead atoms. The molecule has 136 valence electrons. The molecular weight excluding hydrogens is 318 g/mol. The van der Waals surface area contributed by atoms with Crippen molar-refractivity contribution in [3.8, 4) is 0 Å². The van der Waals surface area contributed by atoms with Crippen molar-refractivity contribution >= 4 is 12.0 Å². The molecule has 0 atom stereocenters. The molecule has 0 aliphatic carbocycles. The van der Waals surface area contributed by atoms with Crippen LogP contribution in [0.3, 0.4) is 0 Å². The van der Waals surface area contributed by atoms with E-state index in [-0.39, 0.29) is 12.0 Å². The van der Waals surface area contributed by atoms with Gasteiger partial charge in [0.15, 0.2) is 0 Å². The standard InChI is InChI=1S/C19H27N3O3/c1-2-25-19(24)22-10-8-17(9-11-22)20-12-14-21(15-13-20)18(23)16-6-4-3-5-7-16/h3-7,17H,2,8-15H2,1H3. The molecular formula is C19H27N3O3. The lowest BCUT2D eigenvalue weighted by atomic mass is 10.0. The van der Waals surface area contributed by atoms with Gasteiger partial charge in [-0.2, -0.15) is 0 Å². The van der Waals surface area contributed by atoms with Gasteiger partial charge in [0.25, 0.3) is 5.91 Å². The maximum Gasteiger partial charge on any atom is 0.409 e. The zero-order valence-electron chi connectivity index (χ0n) is 14.9. The van der Waals surface area contributed by atoms with Gasteiger partial charge in [-0.15, -0.1) is 0 Å². The minimum absolute atomic E-state index is 0.123. The highest BCUT2D eigenvalue weighted by atomic mass is 16.6. The molecule has 25 heavy (non-hydrogen) atoms. The fourth-order valence-electron chi connectivity index (χ4n) is 3.68. The number of hydrogen-bond acceptors (Lipinski definition) is 4. The number of ether oxygens (including phenoxy) is 1. The molecule has 1 aromatic rings. The first kappa shape index (κ1) is 17.7. The normalized spacial score (nSPS) is 19.7. The van der Waals surface area contributed by atoms with Gasteiger partial charge in [-0.05, 0) is 31.9 Å². The average Bonchev–Trinajstić information content (AvgIpc) is 2.68. The summed E-state index contributed by atoms with van der Waals surface area (Å²) >= 11 is 0. The highest BCUT2D eigenvalue weighted by Crippen LogP contribution is 2.19. The van der Waals surface area contributed by atoms with Crippen LogP contribution in [-0.2, 0) is 4.74 Å². The number of likely N-dealkylation sites (tertiary alicyclic amines) is 1. The smallest absolute Gasteiger partial charge is 0.409 e. The van der Waals surface area contributed by atoms with Crippen molar-refractivity contribution in [2.24, 2.45) is 0 Å². The van der Waals surface area contributed by atoms with Crippen molar-refractivity contribution in [3.63, 3.8) is 0 Å². The second kappa shape index (κ2) is 8.34. The third-order valence-electron chi connectivity index (χ3n) is 5.13. The molecule has 2 amide bonds. The Bertz CT molecular complexity index is 577. The molecule has 0 radical (unpaired) electrons. The van der Waals surface area contributed by atoms with E-state index in [1.807, 2.05) is 42.2 Å². The quantitative estimate of drug-likeness (QED) is 0.841.